The normalized spacial score (nSPS) is 17.3. The van der Waals surface area contributed by atoms with E-state index >= 15 is 0 Å². The van der Waals surface area contributed by atoms with E-state index in [0.29, 0.717) is 5.92 Å². The maximum atomic E-state index is 11.0. The average Bonchev–Trinajstić information content (AvgIpc) is 2.97. The van der Waals surface area contributed by atoms with Crippen molar-refractivity contribution >= 4 is 33.2 Å². The van der Waals surface area contributed by atoms with Crippen molar-refractivity contribution in [1.29, 1.82) is 0 Å². The van der Waals surface area contributed by atoms with Gasteiger partial charge in [-0.15, -0.1) is 11.3 Å². The molecule has 0 amide bonds. The van der Waals surface area contributed by atoms with E-state index in [-0.39, 0.29) is 6.04 Å². The van der Waals surface area contributed by atoms with Gasteiger partial charge in [-0.1, -0.05) is 0 Å². The summed E-state index contributed by atoms with van der Waals surface area (Å²) in [5.74, 6) is -0.359. The second kappa shape index (κ2) is 5.29. The number of hydrogen-bond acceptors (Lipinski definition) is 3. The first-order valence-electron chi connectivity index (χ1n) is 5.37. The zero-order valence-corrected chi connectivity index (χ0v) is 11.2. The Labute approximate surface area is 107 Å². The second-order valence-electron chi connectivity index (χ2n) is 4.06. The number of halogens is 1. The first-order chi connectivity index (χ1) is 7.66. The van der Waals surface area contributed by atoms with E-state index in [1.54, 1.807) is 11.3 Å². The summed E-state index contributed by atoms with van der Waals surface area (Å²) in [6.07, 6.45) is 3.00. The molecule has 1 aromatic rings. The van der Waals surface area contributed by atoms with E-state index in [2.05, 4.69) is 27.3 Å². The molecular formula is C11H14BrNO2S. The molecule has 1 unspecified atom stereocenters. The highest BCUT2D eigenvalue weighted by Gasteiger charge is 2.35. The largest absolute Gasteiger partial charge is 0.480 e. The molecule has 3 nitrogen and oxygen atoms in total. The molecule has 16 heavy (non-hydrogen) atoms. The van der Waals surface area contributed by atoms with E-state index in [4.69, 9.17) is 5.11 Å². The third-order valence-electron chi connectivity index (χ3n) is 2.72. The lowest BCUT2D eigenvalue weighted by Gasteiger charge is -2.12. The molecule has 1 aliphatic rings. The third-order valence-corrected chi connectivity index (χ3v) is 4.41. The zero-order valence-electron chi connectivity index (χ0n) is 8.78. The molecule has 2 N–H and O–H groups in total. The predicted molar refractivity (Wildman–Crippen MR) is 67.9 cm³/mol. The van der Waals surface area contributed by atoms with Crippen molar-refractivity contribution in [3.8, 4) is 0 Å². The van der Waals surface area contributed by atoms with Crippen molar-refractivity contribution < 1.29 is 9.90 Å². The molecule has 0 bridgehead atoms. The zero-order chi connectivity index (χ0) is 11.5. The van der Waals surface area contributed by atoms with Gasteiger partial charge in [-0.05, 0) is 53.2 Å². The summed E-state index contributed by atoms with van der Waals surface area (Å²) in [5.41, 5.74) is 0. The molecular weight excluding hydrogens is 290 g/mol. The number of aliphatic carboxylic acids is 1. The highest BCUT2D eigenvalue weighted by Crippen LogP contribution is 2.32. The van der Waals surface area contributed by atoms with Crippen LogP contribution in [0.5, 0.6) is 0 Å². The van der Waals surface area contributed by atoms with Gasteiger partial charge in [-0.25, -0.2) is 0 Å². The maximum absolute atomic E-state index is 11.0. The molecule has 1 heterocycles. The summed E-state index contributed by atoms with van der Waals surface area (Å²) >= 11 is 5.11. The molecule has 1 atom stereocenters. The molecule has 1 aromatic heterocycles. The fourth-order valence-electron chi connectivity index (χ4n) is 1.72. The predicted octanol–water partition coefficient (Wildman–Crippen LogP) is 2.51. The van der Waals surface area contributed by atoms with Gasteiger partial charge < -0.3 is 10.4 Å². The van der Waals surface area contributed by atoms with Crippen LogP contribution in [-0.4, -0.2) is 23.7 Å². The lowest BCUT2D eigenvalue weighted by Crippen LogP contribution is -2.39. The minimum absolute atomic E-state index is 0.344. The maximum Gasteiger partial charge on any atom is 0.320 e. The van der Waals surface area contributed by atoms with Gasteiger partial charge in [0.05, 0.1) is 3.79 Å². The summed E-state index contributed by atoms with van der Waals surface area (Å²) in [6, 6.07) is 3.75. The van der Waals surface area contributed by atoms with Gasteiger partial charge in [-0.3, -0.25) is 4.79 Å². The molecule has 5 heteroatoms. The molecule has 0 radical (unpaired) electrons. The molecule has 1 aliphatic carbocycles. The number of rotatable bonds is 6. The van der Waals surface area contributed by atoms with Crippen LogP contribution in [0, 0.1) is 5.92 Å². The third kappa shape index (κ3) is 3.30. The van der Waals surface area contributed by atoms with Gasteiger partial charge in [-0.2, -0.15) is 0 Å². The number of thiophene rings is 1. The summed E-state index contributed by atoms with van der Waals surface area (Å²) in [5, 5.41) is 12.1. The summed E-state index contributed by atoms with van der Waals surface area (Å²) in [6.45, 7) is 0.737. The molecule has 0 spiro atoms. The van der Waals surface area contributed by atoms with Gasteiger partial charge >= 0.3 is 5.97 Å². The van der Waals surface area contributed by atoms with E-state index in [0.717, 1.165) is 29.6 Å². The number of hydrogen-bond donors (Lipinski definition) is 2. The number of nitrogens with one attached hydrogen (secondary N) is 1. The first-order valence-corrected chi connectivity index (χ1v) is 6.98. The van der Waals surface area contributed by atoms with Crippen molar-refractivity contribution in [2.45, 2.75) is 25.3 Å². The molecule has 0 aromatic carbocycles. The van der Waals surface area contributed by atoms with Crippen LogP contribution in [0.25, 0.3) is 0 Å². The molecule has 0 aliphatic heterocycles. The number of carboxylic acids is 1. The molecule has 88 valence electrons. The highest BCUT2D eigenvalue weighted by atomic mass is 79.9. The smallest absolute Gasteiger partial charge is 0.320 e. The van der Waals surface area contributed by atoms with Crippen molar-refractivity contribution in [3.05, 3.63) is 20.8 Å². The molecule has 2 rings (SSSR count). The van der Waals surface area contributed by atoms with Crippen LogP contribution in [0.4, 0.5) is 0 Å². The van der Waals surface area contributed by atoms with Gasteiger partial charge in [0.1, 0.15) is 6.04 Å². The van der Waals surface area contributed by atoms with E-state index in [1.807, 2.05) is 6.07 Å². The Balaban J connectivity index is 1.76. The molecule has 1 saturated carbocycles. The van der Waals surface area contributed by atoms with Crippen LogP contribution >= 0.6 is 27.3 Å². The van der Waals surface area contributed by atoms with Crippen LogP contribution < -0.4 is 5.32 Å². The van der Waals surface area contributed by atoms with Crippen LogP contribution in [0.3, 0.4) is 0 Å². The number of carboxylic acid groups (broad SMARTS) is 1. The SMILES string of the molecule is O=C(O)C(NCCc1ccc(Br)s1)C1CC1. The Hall–Kier alpha value is -0.390. The van der Waals surface area contributed by atoms with Crippen LogP contribution in [-0.2, 0) is 11.2 Å². The van der Waals surface area contributed by atoms with Crippen LogP contribution in [0.1, 0.15) is 17.7 Å². The average molecular weight is 304 g/mol. The Kier molecular flexibility index (Phi) is 4.00. The highest BCUT2D eigenvalue weighted by molar-refractivity contribution is 9.11. The topological polar surface area (TPSA) is 49.3 Å². The summed E-state index contributed by atoms with van der Waals surface area (Å²) < 4.78 is 1.12. The Morgan fingerprint density at radius 2 is 2.38 bits per heavy atom. The van der Waals surface area contributed by atoms with E-state index in [9.17, 15) is 4.79 Å². The Bertz CT molecular complexity index is 376. The number of carbonyl (C=O) groups is 1. The van der Waals surface area contributed by atoms with Gasteiger partial charge in [0.25, 0.3) is 0 Å². The summed E-state index contributed by atoms with van der Waals surface area (Å²) in [4.78, 5) is 12.2. The Morgan fingerprint density at radius 3 is 2.88 bits per heavy atom. The lowest BCUT2D eigenvalue weighted by atomic mass is 10.2. The van der Waals surface area contributed by atoms with Crippen LogP contribution in [0.2, 0.25) is 0 Å². The first kappa shape index (κ1) is 12.1. The van der Waals surface area contributed by atoms with Crippen molar-refractivity contribution in [2.75, 3.05) is 6.54 Å². The van der Waals surface area contributed by atoms with Gasteiger partial charge in [0.2, 0.25) is 0 Å². The van der Waals surface area contributed by atoms with Gasteiger partial charge in [0.15, 0.2) is 0 Å². The monoisotopic (exact) mass is 303 g/mol. The minimum atomic E-state index is -0.713. The lowest BCUT2D eigenvalue weighted by molar-refractivity contribution is -0.140. The van der Waals surface area contributed by atoms with Crippen molar-refractivity contribution in [3.63, 3.8) is 0 Å². The van der Waals surface area contributed by atoms with E-state index < -0.39 is 5.97 Å². The fourth-order valence-corrected chi connectivity index (χ4v) is 3.20. The second-order valence-corrected chi connectivity index (χ2v) is 6.61. The standard InChI is InChI=1S/C11H14BrNO2S/c12-9-4-3-8(16-9)5-6-13-10(11(14)15)7-1-2-7/h3-4,7,10,13H,1-2,5-6H2,(H,14,15). The van der Waals surface area contributed by atoms with Crippen molar-refractivity contribution in [2.24, 2.45) is 5.92 Å². The molecule has 1 fully saturated rings. The van der Waals surface area contributed by atoms with Crippen molar-refractivity contribution in [1.82, 2.24) is 5.32 Å². The van der Waals surface area contributed by atoms with E-state index in [1.165, 1.54) is 4.88 Å². The summed E-state index contributed by atoms with van der Waals surface area (Å²) in [7, 11) is 0. The molecule has 0 saturated heterocycles. The minimum Gasteiger partial charge on any atom is -0.480 e. The van der Waals surface area contributed by atoms with Gasteiger partial charge in [0, 0.05) is 11.4 Å². The van der Waals surface area contributed by atoms with Crippen LogP contribution in [0.15, 0.2) is 15.9 Å². The quantitative estimate of drug-likeness (QED) is 0.849. The Morgan fingerprint density at radius 1 is 1.62 bits per heavy atom. The fraction of sp³-hybridized carbons (Fsp3) is 0.545.